The van der Waals surface area contributed by atoms with Crippen molar-refractivity contribution in [3.63, 3.8) is 0 Å². The maximum atomic E-state index is 13.0. The second-order valence-electron chi connectivity index (χ2n) is 8.22. The molecule has 1 amide bonds. The molecule has 0 bridgehead atoms. The Labute approximate surface area is 175 Å². The van der Waals surface area contributed by atoms with Gasteiger partial charge in [0.15, 0.2) is 0 Å². The third-order valence-corrected chi connectivity index (χ3v) is 6.10. The van der Waals surface area contributed by atoms with Crippen molar-refractivity contribution < 1.29 is 9.53 Å². The van der Waals surface area contributed by atoms with Crippen LogP contribution in [0.25, 0.3) is 10.9 Å². The summed E-state index contributed by atoms with van der Waals surface area (Å²) in [5.74, 6) is 0.615. The topological polar surface area (TPSA) is 64.4 Å². The number of hydrogen-bond acceptors (Lipinski definition) is 4. The normalized spacial score (nSPS) is 21.7. The maximum absolute atomic E-state index is 13.0. The largest absolute Gasteiger partial charge is 0.366 e. The van der Waals surface area contributed by atoms with E-state index in [9.17, 15) is 9.59 Å². The standard InChI is InChI=1S/C24H25N3O3/c28-23(12-13-26-16-25-20-9-5-4-8-19(20)24(26)29)27-14-21(17-6-2-1-3-7-17)30-22(15-27)18-10-11-18/h1-9,16,18,21-22H,10-15H2/t21-,22+/m0/s1. The van der Waals surface area contributed by atoms with E-state index in [4.69, 9.17) is 4.74 Å². The number of rotatable bonds is 5. The van der Waals surface area contributed by atoms with Crippen LogP contribution in [0.3, 0.4) is 0 Å². The average Bonchev–Trinajstić information content (AvgIpc) is 3.64. The molecule has 154 valence electrons. The Morgan fingerprint density at radius 2 is 1.80 bits per heavy atom. The first-order chi connectivity index (χ1) is 14.7. The van der Waals surface area contributed by atoms with Gasteiger partial charge in [-0.05, 0) is 36.5 Å². The zero-order chi connectivity index (χ0) is 20.5. The highest BCUT2D eigenvalue weighted by Gasteiger charge is 2.39. The summed E-state index contributed by atoms with van der Waals surface area (Å²) < 4.78 is 7.88. The number of aromatic nitrogens is 2. The van der Waals surface area contributed by atoms with Gasteiger partial charge in [0.2, 0.25) is 5.91 Å². The van der Waals surface area contributed by atoms with Crippen LogP contribution in [0.4, 0.5) is 0 Å². The molecule has 3 aromatic rings. The van der Waals surface area contributed by atoms with E-state index in [0.717, 1.165) is 5.56 Å². The van der Waals surface area contributed by atoms with E-state index in [1.54, 1.807) is 6.07 Å². The monoisotopic (exact) mass is 403 g/mol. The van der Waals surface area contributed by atoms with Gasteiger partial charge in [-0.25, -0.2) is 4.98 Å². The average molecular weight is 403 g/mol. The van der Waals surface area contributed by atoms with Crippen LogP contribution >= 0.6 is 0 Å². The summed E-state index contributed by atoms with van der Waals surface area (Å²) in [6.45, 7) is 1.52. The van der Waals surface area contributed by atoms with Crippen molar-refractivity contribution in [2.45, 2.75) is 38.0 Å². The van der Waals surface area contributed by atoms with E-state index in [2.05, 4.69) is 17.1 Å². The number of ether oxygens (including phenoxy) is 1. The van der Waals surface area contributed by atoms with E-state index in [1.165, 1.54) is 23.7 Å². The van der Waals surface area contributed by atoms with Gasteiger partial charge < -0.3 is 9.64 Å². The minimum atomic E-state index is -0.103. The Morgan fingerprint density at radius 3 is 2.60 bits per heavy atom. The van der Waals surface area contributed by atoms with Crippen LogP contribution in [0, 0.1) is 5.92 Å². The summed E-state index contributed by atoms with van der Waals surface area (Å²) in [6, 6.07) is 17.4. The van der Waals surface area contributed by atoms with Crippen molar-refractivity contribution in [2.75, 3.05) is 13.1 Å². The number of carbonyl (C=O) groups is 1. The van der Waals surface area contributed by atoms with Crippen molar-refractivity contribution in [3.05, 3.63) is 76.8 Å². The number of carbonyl (C=O) groups excluding carboxylic acids is 1. The Morgan fingerprint density at radius 1 is 1.03 bits per heavy atom. The third-order valence-electron chi connectivity index (χ3n) is 6.10. The van der Waals surface area contributed by atoms with E-state index in [1.807, 2.05) is 41.3 Å². The first kappa shape index (κ1) is 19.0. The lowest BCUT2D eigenvalue weighted by Crippen LogP contribution is -2.48. The second kappa shape index (κ2) is 8.03. The number of nitrogens with zero attached hydrogens (tertiary/aromatic N) is 3. The molecule has 0 N–H and O–H groups in total. The molecule has 0 unspecified atom stereocenters. The molecule has 30 heavy (non-hydrogen) atoms. The van der Waals surface area contributed by atoms with E-state index in [-0.39, 0.29) is 30.1 Å². The number of para-hydroxylation sites is 1. The summed E-state index contributed by atoms with van der Waals surface area (Å²) in [4.78, 5) is 32.0. The Hall–Kier alpha value is -2.99. The van der Waals surface area contributed by atoms with Gasteiger partial charge in [0.05, 0.1) is 29.9 Å². The number of morpholine rings is 1. The molecule has 2 aromatic carbocycles. The van der Waals surface area contributed by atoms with Crippen LogP contribution in [0.15, 0.2) is 65.7 Å². The van der Waals surface area contributed by atoms with Gasteiger partial charge in [0.1, 0.15) is 6.10 Å². The predicted octanol–water partition coefficient (Wildman–Crippen LogP) is 3.17. The van der Waals surface area contributed by atoms with Gasteiger partial charge >= 0.3 is 0 Å². The maximum Gasteiger partial charge on any atom is 0.261 e. The molecule has 1 saturated carbocycles. The molecule has 1 aromatic heterocycles. The number of aryl methyl sites for hydroxylation is 1. The highest BCUT2D eigenvalue weighted by atomic mass is 16.5. The van der Waals surface area contributed by atoms with Crippen LogP contribution in [-0.2, 0) is 16.1 Å². The van der Waals surface area contributed by atoms with Crippen LogP contribution in [0.2, 0.25) is 0 Å². The highest BCUT2D eigenvalue weighted by molar-refractivity contribution is 5.77. The summed E-state index contributed by atoms with van der Waals surface area (Å²) >= 11 is 0. The minimum absolute atomic E-state index is 0.0601. The first-order valence-electron chi connectivity index (χ1n) is 10.6. The van der Waals surface area contributed by atoms with Crippen molar-refractivity contribution in [3.8, 4) is 0 Å². The van der Waals surface area contributed by atoms with Gasteiger partial charge in [0, 0.05) is 19.5 Å². The first-order valence-corrected chi connectivity index (χ1v) is 10.6. The second-order valence-corrected chi connectivity index (χ2v) is 8.22. The summed E-state index contributed by atoms with van der Waals surface area (Å²) in [7, 11) is 0. The zero-order valence-electron chi connectivity index (χ0n) is 16.8. The lowest BCUT2D eigenvalue weighted by molar-refractivity contribution is -0.148. The Balaban J connectivity index is 1.30. The fraction of sp³-hybridized carbons (Fsp3) is 0.375. The Kier molecular flexibility index (Phi) is 5.09. The van der Waals surface area contributed by atoms with Gasteiger partial charge in [-0.3, -0.25) is 14.2 Å². The molecule has 2 aliphatic rings. The van der Waals surface area contributed by atoms with Gasteiger partial charge in [0.25, 0.3) is 5.56 Å². The Bertz CT molecular complexity index is 1110. The van der Waals surface area contributed by atoms with Crippen molar-refractivity contribution >= 4 is 16.8 Å². The molecule has 0 spiro atoms. The molecular weight excluding hydrogens is 378 g/mol. The van der Waals surface area contributed by atoms with Crippen molar-refractivity contribution in [1.29, 1.82) is 0 Å². The van der Waals surface area contributed by atoms with E-state index >= 15 is 0 Å². The fourth-order valence-corrected chi connectivity index (χ4v) is 4.21. The summed E-state index contributed by atoms with van der Waals surface area (Å²) in [5.41, 5.74) is 1.68. The van der Waals surface area contributed by atoms with Gasteiger partial charge in [-0.1, -0.05) is 42.5 Å². The lowest BCUT2D eigenvalue weighted by Gasteiger charge is -2.38. The summed E-state index contributed by atoms with van der Waals surface area (Å²) in [6.07, 6.45) is 4.16. The van der Waals surface area contributed by atoms with Crippen molar-refractivity contribution in [2.24, 2.45) is 5.92 Å². The summed E-state index contributed by atoms with van der Waals surface area (Å²) in [5, 5.41) is 0.580. The zero-order valence-corrected chi connectivity index (χ0v) is 16.8. The van der Waals surface area contributed by atoms with Crippen LogP contribution in [0.5, 0.6) is 0 Å². The molecule has 6 nitrogen and oxygen atoms in total. The van der Waals surface area contributed by atoms with Crippen LogP contribution < -0.4 is 5.56 Å². The lowest BCUT2D eigenvalue weighted by atomic mass is 10.0. The van der Waals surface area contributed by atoms with Crippen LogP contribution in [-0.4, -0.2) is 39.6 Å². The van der Waals surface area contributed by atoms with E-state index in [0.29, 0.717) is 36.5 Å². The third kappa shape index (κ3) is 3.87. The van der Waals surface area contributed by atoms with Gasteiger partial charge in [-0.2, -0.15) is 0 Å². The molecule has 0 radical (unpaired) electrons. The van der Waals surface area contributed by atoms with Gasteiger partial charge in [-0.15, -0.1) is 0 Å². The molecule has 1 aliphatic heterocycles. The quantitative estimate of drug-likeness (QED) is 0.656. The SMILES string of the molecule is O=C(CCn1cnc2ccccc2c1=O)N1C[C@@H](c2ccccc2)O[C@@H](C2CC2)C1. The molecule has 5 rings (SSSR count). The van der Waals surface area contributed by atoms with Crippen molar-refractivity contribution in [1.82, 2.24) is 14.5 Å². The highest BCUT2D eigenvalue weighted by Crippen LogP contribution is 2.39. The number of benzene rings is 2. The smallest absolute Gasteiger partial charge is 0.261 e. The fourth-order valence-electron chi connectivity index (χ4n) is 4.21. The molecular formula is C24H25N3O3. The molecule has 2 heterocycles. The molecule has 2 fully saturated rings. The molecule has 2 atom stereocenters. The molecule has 1 aliphatic carbocycles. The number of fused-ring (bicyclic) bond motifs is 1. The molecule has 6 heteroatoms. The molecule has 1 saturated heterocycles. The minimum Gasteiger partial charge on any atom is -0.366 e. The predicted molar refractivity (Wildman–Crippen MR) is 114 cm³/mol. The number of amides is 1. The van der Waals surface area contributed by atoms with E-state index < -0.39 is 0 Å². The van der Waals surface area contributed by atoms with Crippen LogP contribution in [0.1, 0.15) is 30.9 Å². The number of hydrogen-bond donors (Lipinski definition) is 0.